The van der Waals surface area contributed by atoms with Crippen molar-refractivity contribution in [2.24, 2.45) is 5.92 Å². The Balaban J connectivity index is 1.94. The third kappa shape index (κ3) is 1.47. The van der Waals surface area contributed by atoms with E-state index in [9.17, 15) is 0 Å². The number of hydrogen-bond donors (Lipinski definition) is 0. The van der Waals surface area contributed by atoms with E-state index >= 15 is 0 Å². The first kappa shape index (κ1) is 6.96. The predicted octanol–water partition coefficient (Wildman–Crippen LogP) is 2.65. The van der Waals surface area contributed by atoms with E-state index in [1.165, 1.54) is 25.7 Å². The van der Waals surface area contributed by atoms with Crippen LogP contribution in [0.15, 0.2) is 24.5 Å². The van der Waals surface area contributed by atoms with Gasteiger partial charge in [0.1, 0.15) is 6.10 Å². The molecule has 0 N–H and O–H groups in total. The number of ether oxygens (including phenoxy) is 1. The Labute approximate surface area is 67.7 Å². The van der Waals surface area contributed by atoms with E-state index < -0.39 is 0 Å². The molecule has 0 aromatic heterocycles. The lowest BCUT2D eigenvalue weighted by Crippen LogP contribution is -2.18. The molecule has 1 heteroatoms. The molecule has 2 aliphatic rings. The first-order valence-corrected chi connectivity index (χ1v) is 4.45. The monoisotopic (exact) mass is 150 g/mol. The van der Waals surface area contributed by atoms with Gasteiger partial charge in [-0.25, -0.2) is 0 Å². The van der Waals surface area contributed by atoms with Crippen LogP contribution >= 0.6 is 0 Å². The van der Waals surface area contributed by atoms with Gasteiger partial charge in [0.05, 0.1) is 6.26 Å². The Bertz CT molecular complexity index is 175. The van der Waals surface area contributed by atoms with Crippen molar-refractivity contribution in [2.45, 2.75) is 31.8 Å². The molecule has 1 nitrogen and oxygen atoms in total. The van der Waals surface area contributed by atoms with Gasteiger partial charge in [0.15, 0.2) is 0 Å². The van der Waals surface area contributed by atoms with Crippen molar-refractivity contribution in [3.63, 3.8) is 0 Å². The first-order valence-electron chi connectivity index (χ1n) is 4.45. The Hall–Kier alpha value is -0.720. The van der Waals surface area contributed by atoms with Gasteiger partial charge in [-0.3, -0.25) is 0 Å². The second-order valence-electron chi connectivity index (χ2n) is 3.36. The summed E-state index contributed by atoms with van der Waals surface area (Å²) >= 11 is 0. The maximum atomic E-state index is 5.49. The van der Waals surface area contributed by atoms with Crippen molar-refractivity contribution in [3.05, 3.63) is 24.5 Å². The summed E-state index contributed by atoms with van der Waals surface area (Å²) in [7, 11) is 0. The SMILES string of the molecule is C1=COC(C2CCCC2)C=C1. The summed E-state index contributed by atoms with van der Waals surface area (Å²) in [5, 5.41) is 0. The van der Waals surface area contributed by atoms with Gasteiger partial charge in [-0.05, 0) is 30.9 Å². The maximum Gasteiger partial charge on any atom is 0.119 e. The molecule has 0 saturated heterocycles. The van der Waals surface area contributed by atoms with Gasteiger partial charge in [0.2, 0.25) is 0 Å². The fraction of sp³-hybridized carbons (Fsp3) is 0.600. The summed E-state index contributed by atoms with van der Waals surface area (Å²) in [5.74, 6) is 0.788. The van der Waals surface area contributed by atoms with E-state index in [1.807, 2.05) is 12.3 Å². The quantitative estimate of drug-likeness (QED) is 0.558. The maximum absolute atomic E-state index is 5.49. The van der Waals surface area contributed by atoms with Crippen LogP contribution in [-0.2, 0) is 4.74 Å². The molecule has 1 heterocycles. The molecule has 0 bridgehead atoms. The molecule has 1 fully saturated rings. The van der Waals surface area contributed by atoms with Crippen molar-refractivity contribution in [2.75, 3.05) is 0 Å². The summed E-state index contributed by atoms with van der Waals surface area (Å²) in [6.07, 6.45) is 13.9. The summed E-state index contributed by atoms with van der Waals surface area (Å²) < 4.78 is 5.49. The average molecular weight is 150 g/mol. The molecular formula is C10H14O. The summed E-state index contributed by atoms with van der Waals surface area (Å²) in [4.78, 5) is 0. The molecule has 11 heavy (non-hydrogen) atoms. The molecule has 0 aromatic rings. The van der Waals surface area contributed by atoms with Crippen molar-refractivity contribution in [3.8, 4) is 0 Å². The lowest BCUT2D eigenvalue weighted by atomic mass is 10.00. The highest BCUT2D eigenvalue weighted by Crippen LogP contribution is 2.30. The molecule has 0 amide bonds. The zero-order valence-corrected chi connectivity index (χ0v) is 6.70. The average Bonchev–Trinajstić information content (AvgIpc) is 2.58. The number of hydrogen-bond acceptors (Lipinski definition) is 1. The summed E-state index contributed by atoms with van der Waals surface area (Å²) in [6, 6.07) is 0. The van der Waals surface area contributed by atoms with Crippen LogP contribution in [0.5, 0.6) is 0 Å². The standard InChI is InChI=1S/C10H14O/c1-2-6-9(5-1)10-7-3-4-8-11-10/h3-4,7-10H,1-2,5-6H2. The van der Waals surface area contributed by atoms with Crippen LogP contribution in [0.3, 0.4) is 0 Å². The highest BCUT2D eigenvalue weighted by atomic mass is 16.5. The molecule has 0 radical (unpaired) electrons. The number of rotatable bonds is 1. The van der Waals surface area contributed by atoms with Crippen LogP contribution in [0.2, 0.25) is 0 Å². The second-order valence-corrected chi connectivity index (χ2v) is 3.36. The van der Waals surface area contributed by atoms with Gasteiger partial charge in [0, 0.05) is 0 Å². The van der Waals surface area contributed by atoms with Crippen LogP contribution in [0.4, 0.5) is 0 Å². The van der Waals surface area contributed by atoms with Crippen molar-refractivity contribution in [1.82, 2.24) is 0 Å². The van der Waals surface area contributed by atoms with Crippen molar-refractivity contribution < 1.29 is 4.74 Å². The van der Waals surface area contributed by atoms with E-state index in [0.717, 1.165) is 5.92 Å². The van der Waals surface area contributed by atoms with Crippen LogP contribution < -0.4 is 0 Å². The van der Waals surface area contributed by atoms with Crippen molar-refractivity contribution >= 4 is 0 Å². The normalized spacial score (nSPS) is 30.7. The Kier molecular flexibility index (Phi) is 1.97. The highest BCUT2D eigenvalue weighted by molar-refractivity contribution is 5.09. The zero-order chi connectivity index (χ0) is 7.52. The predicted molar refractivity (Wildman–Crippen MR) is 45.1 cm³/mol. The van der Waals surface area contributed by atoms with E-state index in [-0.39, 0.29) is 0 Å². The molecule has 0 aromatic carbocycles. The first-order chi connectivity index (χ1) is 5.47. The fourth-order valence-corrected chi connectivity index (χ4v) is 1.95. The third-order valence-corrected chi connectivity index (χ3v) is 2.59. The minimum absolute atomic E-state index is 0.377. The van der Waals surface area contributed by atoms with Crippen LogP contribution in [0.1, 0.15) is 25.7 Å². The van der Waals surface area contributed by atoms with Gasteiger partial charge in [0.25, 0.3) is 0 Å². The molecular weight excluding hydrogens is 136 g/mol. The van der Waals surface area contributed by atoms with Gasteiger partial charge < -0.3 is 4.74 Å². The van der Waals surface area contributed by atoms with E-state index in [1.54, 1.807) is 0 Å². The smallest absolute Gasteiger partial charge is 0.119 e. The summed E-state index contributed by atoms with van der Waals surface area (Å²) in [6.45, 7) is 0. The minimum Gasteiger partial charge on any atom is -0.494 e. The van der Waals surface area contributed by atoms with Crippen molar-refractivity contribution in [1.29, 1.82) is 0 Å². The van der Waals surface area contributed by atoms with Gasteiger partial charge >= 0.3 is 0 Å². The second kappa shape index (κ2) is 3.12. The lowest BCUT2D eigenvalue weighted by molar-refractivity contribution is 0.126. The van der Waals surface area contributed by atoms with Gasteiger partial charge in [-0.1, -0.05) is 18.9 Å². The highest BCUT2D eigenvalue weighted by Gasteiger charge is 2.23. The molecule has 1 atom stereocenters. The minimum atomic E-state index is 0.377. The molecule has 0 spiro atoms. The molecule has 1 saturated carbocycles. The Morgan fingerprint density at radius 2 is 1.91 bits per heavy atom. The topological polar surface area (TPSA) is 9.23 Å². The molecule has 1 aliphatic carbocycles. The largest absolute Gasteiger partial charge is 0.494 e. The van der Waals surface area contributed by atoms with Gasteiger partial charge in [-0.15, -0.1) is 0 Å². The van der Waals surface area contributed by atoms with E-state index in [0.29, 0.717) is 6.10 Å². The molecule has 60 valence electrons. The Morgan fingerprint density at radius 3 is 2.55 bits per heavy atom. The lowest BCUT2D eigenvalue weighted by Gasteiger charge is -2.20. The molecule has 2 rings (SSSR count). The van der Waals surface area contributed by atoms with Gasteiger partial charge in [-0.2, -0.15) is 0 Å². The summed E-state index contributed by atoms with van der Waals surface area (Å²) in [5.41, 5.74) is 0. The number of allylic oxidation sites excluding steroid dienone is 2. The third-order valence-electron chi connectivity index (χ3n) is 2.59. The molecule has 1 aliphatic heterocycles. The van der Waals surface area contributed by atoms with Crippen LogP contribution in [0, 0.1) is 5.92 Å². The van der Waals surface area contributed by atoms with Crippen LogP contribution in [-0.4, -0.2) is 6.10 Å². The zero-order valence-electron chi connectivity index (χ0n) is 6.70. The van der Waals surface area contributed by atoms with E-state index in [2.05, 4.69) is 12.2 Å². The molecule has 1 unspecified atom stereocenters. The van der Waals surface area contributed by atoms with E-state index in [4.69, 9.17) is 4.74 Å². The van der Waals surface area contributed by atoms with Crippen LogP contribution in [0.25, 0.3) is 0 Å². The fourth-order valence-electron chi connectivity index (χ4n) is 1.95. The Morgan fingerprint density at radius 1 is 1.09 bits per heavy atom.